The minimum absolute atomic E-state index is 0.126. The van der Waals surface area contributed by atoms with Gasteiger partial charge >= 0.3 is 0 Å². The minimum Gasteiger partial charge on any atom is -0.507 e. The first-order valence-electron chi connectivity index (χ1n) is 9.63. The first kappa shape index (κ1) is 21.0. The van der Waals surface area contributed by atoms with Gasteiger partial charge in [0.05, 0.1) is 19.3 Å². The van der Waals surface area contributed by atoms with E-state index in [0.29, 0.717) is 30.5 Å². The van der Waals surface area contributed by atoms with Crippen molar-refractivity contribution in [2.24, 2.45) is 0 Å². The molecule has 0 amide bonds. The molecule has 0 spiro atoms. The molecule has 0 atom stereocenters. The van der Waals surface area contributed by atoms with Crippen molar-refractivity contribution >= 4 is 11.9 Å². The molecule has 0 aliphatic rings. The Bertz CT molecular complexity index is 1020. The zero-order valence-corrected chi connectivity index (χ0v) is 17.0. The maximum absolute atomic E-state index is 12.5. The van der Waals surface area contributed by atoms with Gasteiger partial charge in [-0.3, -0.25) is 4.79 Å². The largest absolute Gasteiger partial charge is 0.507 e. The molecule has 5 heteroatoms. The van der Waals surface area contributed by atoms with Crippen LogP contribution in [-0.2, 0) is 6.61 Å². The van der Waals surface area contributed by atoms with Crippen LogP contribution in [0.4, 0.5) is 0 Å². The molecule has 30 heavy (non-hydrogen) atoms. The number of carbonyl (C=O) groups excluding carboxylic acids is 1. The highest BCUT2D eigenvalue weighted by Crippen LogP contribution is 2.28. The van der Waals surface area contributed by atoms with E-state index in [1.807, 2.05) is 49.4 Å². The number of phenolic OH excluding ortho intramolecular Hbond substituents is 1. The fraction of sp³-hybridized carbons (Fsp3) is 0.160. The lowest BCUT2D eigenvalue weighted by Gasteiger charge is -2.11. The van der Waals surface area contributed by atoms with E-state index in [-0.39, 0.29) is 17.1 Å². The van der Waals surface area contributed by atoms with Gasteiger partial charge in [-0.25, -0.2) is 0 Å². The summed E-state index contributed by atoms with van der Waals surface area (Å²) < 4.78 is 16.6. The van der Waals surface area contributed by atoms with Crippen LogP contribution >= 0.6 is 0 Å². The van der Waals surface area contributed by atoms with Crippen LogP contribution in [0.15, 0.2) is 72.8 Å². The topological polar surface area (TPSA) is 65.0 Å². The van der Waals surface area contributed by atoms with Gasteiger partial charge < -0.3 is 19.3 Å². The van der Waals surface area contributed by atoms with Crippen molar-refractivity contribution < 1.29 is 24.1 Å². The van der Waals surface area contributed by atoms with Gasteiger partial charge in [-0.2, -0.15) is 0 Å². The molecule has 3 rings (SSSR count). The smallest absolute Gasteiger partial charge is 0.189 e. The molecule has 0 saturated heterocycles. The second-order valence-electron chi connectivity index (χ2n) is 6.49. The van der Waals surface area contributed by atoms with E-state index in [9.17, 15) is 9.90 Å². The summed E-state index contributed by atoms with van der Waals surface area (Å²) in [5.41, 5.74) is 2.02. The fourth-order valence-electron chi connectivity index (χ4n) is 2.87. The van der Waals surface area contributed by atoms with Crippen LogP contribution in [0.25, 0.3) is 6.08 Å². The molecule has 0 radical (unpaired) electrons. The van der Waals surface area contributed by atoms with Gasteiger partial charge in [0.25, 0.3) is 0 Å². The van der Waals surface area contributed by atoms with Crippen molar-refractivity contribution in [3.63, 3.8) is 0 Å². The van der Waals surface area contributed by atoms with Crippen LogP contribution < -0.4 is 14.2 Å². The molecule has 0 bridgehead atoms. The summed E-state index contributed by atoms with van der Waals surface area (Å²) in [5.74, 6) is 1.34. The highest BCUT2D eigenvalue weighted by molar-refractivity contribution is 6.08. The number of allylic oxidation sites excluding steroid dienone is 1. The summed E-state index contributed by atoms with van der Waals surface area (Å²) in [6, 6.07) is 19.9. The SMILES string of the molecule is CCOc1cc(OCc2ccccc2)ccc1C=CC(=O)c1ccc(OC)cc1O. The molecule has 0 aliphatic carbocycles. The van der Waals surface area contributed by atoms with Crippen LogP contribution in [0, 0.1) is 0 Å². The first-order chi connectivity index (χ1) is 14.6. The van der Waals surface area contributed by atoms with Crippen LogP contribution in [0.3, 0.4) is 0 Å². The third-order valence-electron chi connectivity index (χ3n) is 4.42. The number of rotatable bonds is 9. The monoisotopic (exact) mass is 404 g/mol. The Balaban J connectivity index is 1.75. The van der Waals surface area contributed by atoms with Crippen molar-refractivity contribution in [1.82, 2.24) is 0 Å². The molecule has 0 aromatic heterocycles. The van der Waals surface area contributed by atoms with E-state index in [1.54, 1.807) is 18.2 Å². The van der Waals surface area contributed by atoms with Crippen molar-refractivity contribution in [2.75, 3.05) is 13.7 Å². The van der Waals surface area contributed by atoms with Gasteiger partial charge in [-0.1, -0.05) is 30.3 Å². The average molecular weight is 404 g/mol. The third kappa shape index (κ3) is 5.41. The standard InChI is InChI=1S/C25H24O5/c1-3-29-25-16-21(30-17-18-7-5-4-6-8-18)11-9-19(25)10-14-23(26)22-13-12-20(28-2)15-24(22)27/h4-16,27H,3,17H2,1-2H3. The number of phenols is 1. The van der Waals surface area contributed by atoms with E-state index in [4.69, 9.17) is 14.2 Å². The van der Waals surface area contributed by atoms with Crippen LogP contribution in [0.5, 0.6) is 23.0 Å². The zero-order chi connectivity index (χ0) is 21.3. The quantitative estimate of drug-likeness (QED) is 0.389. The summed E-state index contributed by atoms with van der Waals surface area (Å²) >= 11 is 0. The van der Waals surface area contributed by atoms with Crippen molar-refractivity contribution in [1.29, 1.82) is 0 Å². The van der Waals surface area contributed by atoms with Gasteiger partial charge in [-0.15, -0.1) is 0 Å². The maximum atomic E-state index is 12.5. The maximum Gasteiger partial charge on any atom is 0.189 e. The number of carbonyl (C=O) groups is 1. The highest BCUT2D eigenvalue weighted by atomic mass is 16.5. The van der Waals surface area contributed by atoms with E-state index in [0.717, 1.165) is 11.1 Å². The predicted molar refractivity (Wildman–Crippen MR) is 116 cm³/mol. The third-order valence-corrected chi connectivity index (χ3v) is 4.42. The molecule has 3 aromatic carbocycles. The van der Waals surface area contributed by atoms with Crippen molar-refractivity contribution in [3.05, 3.63) is 89.5 Å². The second kappa shape index (κ2) is 10.2. The molecular weight excluding hydrogens is 380 g/mol. The van der Waals surface area contributed by atoms with Gasteiger partial charge in [0.1, 0.15) is 29.6 Å². The average Bonchev–Trinajstić information content (AvgIpc) is 2.77. The summed E-state index contributed by atoms with van der Waals surface area (Å²) in [6.45, 7) is 2.83. The minimum atomic E-state index is -0.318. The molecular formula is C25H24O5. The molecule has 0 unspecified atom stereocenters. The second-order valence-corrected chi connectivity index (χ2v) is 6.49. The van der Waals surface area contributed by atoms with Gasteiger partial charge in [0.15, 0.2) is 5.78 Å². The summed E-state index contributed by atoms with van der Waals surface area (Å²) in [4.78, 5) is 12.5. The lowest BCUT2D eigenvalue weighted by Crippen LogP contribution is -1.99. The molecule has 3 aromatic rings. The van der Waals surface area contributed by atoms with Gasteiger partial charge in [-0.05, 0) is 48.9 Å². The summed E-state index contributed by atoms with van der Waals surface area (Å²) in [6.07, 6.45) is 3.07. The Morgan fingerprint density at radius 2 is 1.73 bits per heavy atom. The first-order valence-corrected chi connectivity index (χ1v) is 9.63. The number of aromatic hydroxyl groups is 1. The molecule has 0 aliphatic heterocycles. The van der Waals surface area contributed by atoms with Gasteiger partial charge in [0, 0.05) is 17.7 Å². The molecule has 0 fully saturated rings. The molecule has 0 saturated carbocycles. The Kier molecular flexibility index (Phi) is 7.11. The molecule has 1 N–H and O–H groups in total. The van der Waals surface area contributed by atoms with Gasteiger partial charge in [0.2, 0.25) is 0 Å². The number of ether oxygens (including phenoxy) is 3. The summed E-state index contributed by atoms with van der Waals surface area (Å²) in [5, 5.41) is 10.0. The Morgan fingerprint density at radius 1 is 0.967 bits per heavy atom. The number of ketones is 1. The lowest BCUT2D eigenvalue weighted by atomic mass is 10.1. The van der Waals surface area contributed by atoms with Crippen molar-refractivity contribution in [2.45, 2.75) is 13.5 Å². The van der Waals surface area contributed by atoms with Crippen molar-refractivity contribution in [3.8, 4) is 23.0 Å². The number of methoxy groups -OCH3 is 1. The van der Waals surface area contributed by atoms with E-state index in [1.165, 1.54) is 25.3 Å². The predicted octanol–water partition coefficient (Wildman–Crippen LogP) is 5.27. The Labute approximate surface area is 176 Å². The highest BCUT2D eigenvalue weighted by Gasteiger charge is 2.10. The Morgan fingerprint density at radius 3 is 2.43 bits per heavy atom. The zero-order valence-electron chi connectivity index (χ0n) is 17.0. The Hall–Kier alpha value is -3.73. The van der Waals surface area contributed by atoms with Crippen LogP contribution in [0.2, 0.25) is 0 Å². The molecule has 5 nitrogen and oxygen atoms in total. The summed E-state index contributed by atoms with van der Waals surface area (Å²) in [7, 11) is 1.50. The molecule has 0 heterocycles. The van der Waals surface area contributed by atoms with E-state index < -0.39 is 0 Å². The van der Waals surface area contributed by atoms with Crippen LogP contribution in [-0.4, -0.2) is 24.6 Å². The molecule has 154 valence electrons. The fourth-order valence-corrected chi connectivity index (χ4v) is 2.87. The lowest BCUT2D eigenvalue weighted by molar-refractivity contribution is 0.104. The number of hydrogen-bond donors (Lipinski definition) is 1. The number of benzene rings is 3. The number of hydrogen-bond acceptors (Lipinski definition) is 5. The van der Waals surface area contributed by atoms with E-state index in [2.05, 4.69) is 0 Å². The van der Waals surface area contributed by atoms with Crippen LogP contribution in [0.1, 0.15) is 28.4 Å². The van der Waals surface area contributed by atoms with E-state index >= 15 is 0 Å². The normalized spacial score (nSPS) is 10.7.